The zero-order chi connectivity index (χ0) is 10.1. The lowest BCUT2D eigenvalue weighted by molar-refractivity contribution is -0.103. The molecule has 0 bridgehead atoms. The molecule has 1 saturated carbocycles. The van der Waals surface area contributed by atoms with Crippen molar-refractivity contribution in [3.63, 3.8) is 0 Å². The maximum Gasteiger partial charge on any atom is 0.0612 e. The van der Waals surface area contributed by atoms with Crippen LogP contribution in [-0.4, -0.2) is 23.8 Å². The summed E-state index contributed by atoms with van der Waals surface area (Å²) in [6.07, 6.45) is 2.83. The summed E-state index contributed by atoms with van der Waals surface area (Å²) in [6, 6.07) is 1.29. The van der Waals surface area contributed by atoms with Crippen molar-refractivity contribution in [3.8, 4) is 0 Å². The predicted octanol–water partition coefficient (Wildman–Crippen LogP) is 2.33. The monoisotopic (exact) mass is 185 g/mol. The first-order chi connectivity index (χ1) is 5.87. The molecule has 0 spiro atoms. The molecule has 0 aromatic heterocycles. The standard InChI is InChI=1S/C11H23NO/c1-8(2)12-9-6-10(7-9)13-11(3,4)5/h8-10,12H,6-7H2,1-5H3. The van der Waals surface area contributed by atoms with Crippen molar-refractivity contribution < 1.29 is 4.74 Å². The third-order valence-electron chi connectivity index (χ3n) is 2.18. The number of ether oxygens (including phenoxy) is 1. The Hall–Kier alpha value is -0.0800. The van der Waals surface area contributed by atoms with Crippen LogP contribution in [0.4, 0.5) is 0 Å². The molecule has 0 heterocycles. The molecule has 0 radical (unpaired) electrons. The van der Waals surface area contributed by atoms with Gasteiger partial charge in [0.15, 0.2) is 0 Å². The summed E-state index contributed by atoms with van der Waals surface area (Å²) in [4.78, 5) is 0. The molecule has 1 rings (SSSR count). The minimum Gasteiger partial charge on any atom is -0.373 e. The Labute approximate surface area is 82.0 Å². The summed E-state index contributed by atoms with van der Waals surface area (Å²) < 4.78 is 5.85. The van der Waals surface area contributed by atoms with Gasteiger partial charge < -0.3 is 10.1 Å². The van der Waals surface area contributed by atoms with Crippen molar-refractivity contribution in [3.05, 3.63) is 0 Å². The number of hydrogen-bond donors (Lipinski definition) is 1. The van der Waals surface area contributed by atoms with Crippen LogP contribution in [0.25, 0.3) is 0 Å². The second-order valence-electron chi connectivity index (χ2n) is 5.34. The van der Waals surface area contributed by atoms with Gasteiger partial charge in [0.1, 0.15) is 0 Å². The Morgan fingerprint density at radius 2 is 1.77 bits per heavy atom. The van der Waals surface area contributed by atoms with E-state index >= 15 is 0 Å². The van der Waals surface area contributed by atoms with E-state index in [1.807, 2.05) is 0 Å². The molecule has 1 fully saturated rings. The van der Waals surface area contributed by atoms with Crippen LogP contribution in [0.1, 0.15) is 47.5 Å². The van der Waals surface area contributed by atoms with Gasteiger partial charge in [-0.2, -0.15) is 0 Å². The highest BCUT2D eigenvalue weighted by atomic mass is 16.5. The molecule has 0 aromatic rings. The SMILES string of the molecule is CC(C)NC1CC(OC(C)(C)C)C1. The molecule has 0 amide bonds. The van der Waals surface area contributed by atoms with Crippen molar-refractivity contribution in [2.45, 2.75) is 71.2 Å². The number of rotatable bonds is 3. The van der Waals surface area contributed by atoms with E-state index in [1.54, 1.807) is 0 Å². The van der Waals surface area contributed by atoms with Gasteiger partial charge >= 0.3 is 0 Å². The summed E-state index contributed by atoms with van der Waals surface area (Å²) in [6.45, 7) is 10.7. The highest BCUT2D eigenvalue weighted by Gasteiger charge is 2.32. The van der Waals surface area contributed by atoms with Gasteiger partial charge in [-0.1, -0.05) is 13.8 Å². The Morgan fingerprint density at radius 1 is 1.23 bits per heavy atom. The summed E-state index contributed by atoms with van der Waals surface area (Å²) >= 11 is 0. The third-order valence-corrected chi connectivity index (χ3v) is 2.18. The van der Waals surface area contributed by atoms with Crippen molar-refractivity contribution >= 4 is 0 Å². The molecule has 0 saturated heterocycles. The lowest BCUT2D eigenvalue weighted by Crippen LogP contribution is -2.49. The highest BCUT2D eigenvalue weighted by molar-refractivity contribution is 4.88. The first kappa shape index (κ1) is 11.0. The molecular weight excluding hydrogens is 162 g/mol. The Morgan fingerprint density at radius 3 is 2.15 bits per heavy atom. The number of hydrogen-bond acceptors (Lipinski definition) is 2. The van der Waals surface area contributed by atoms with E-state index in [1.165, 1.54) is 12.8 Å². The van der Waals surface area contributed by atoms with E-state index in [-0.39, 0.29) is 5.60 Å². The summed E-state index contributed by atoms with van der Waals surface area (Å²) in [5.41, 5.74) is 0.0213. The van der Waals surface area contributed by atoms with Gasteiger partial charge in [0.2, 0.25) is 0 Å². The largest absolute Gasteiger partial charge is 0.373 e. The van der Waals surface area contributed by atoms with E-state index in [0.29, 0.717) is 18.2 Å². The average molecular weight is 185 g/mol. The van der Waals surface area contributed by atoms with E-state index in [9.17, 15) is 0 Å². The van der Waals surface area contributed by atoms with E-state index < -0.39 is 0 Å². The Kier molecular flexibility index (Phi) is 3.36. The fourth-order valence-corrected chi connectivity index (χ4v) is 1.77. The second kappa shape index (κ2) is 3.97. The molecule has 2 heteroatoms. The van der Waals surface area contributed by atoms with Crippen LogP contribution >= 0.6 is 0 Å². The van der Waals surface area contributed by atoms with Gasteiger partial charge in [-0.15, -0.1) is 0 Å². The zero-order valence-electron chi connectivity index (χ0n) is 9.55. The molecule has 1 aliphatic rings. The maximum absolute atomic E-state index is 5.85. The Bertz CT molecular complexity index is 154. The lowest BCUT2D eigenvalue weighted by Gasteiger charge is -2.40. The molecule has 13 heavy (non-hydrogen) atoms. The first-order valence-electron chi connectivity index (χ1n) is 5.30. The van der Waals surface area contributed by atoms with Crippen molar-refractivity contribution in [2.75, 3.05) is 0 Å². The van der Waals surface area contributed by atoms with Crippen LogP contribution in [-0.2, 0) is 4.74 Å². The number of nitrogens with one attached hydrogen (secondary N) is 1. The van der Waals surface area contributed by atoms with Crippen LogP contribution in [0.2, 0.25) is 0 Å². The fourth-order valence-electron chi connectivity index (χ4n) is 1.77. The van der Waals surface area contributed by atoms with E-state index in [0.717, 1.165) is 0 Å². The van der Waals surface area contributed by atoms with Crippen molar-refractivity contribution in [1.29, 1.82) is 0 Å². The van der Waals surface area contributed by atoms with Crippen LogP contribution in [0.15, 0.2) is 0 Å². The topological polar surface area (TPSA) is 21.3 Å². The van der Waals surface area contributed by atoms with Crippen molar-refractivity contribution in [1.82, 2.24) is 5.32 Å². The smallest absolute Gasteiger partial charge is 0.0612 e. The zero-order valence-corrected chi connectivity index (χ0v) is 9.55. The van der Waals surface area contributed by atoms with E-state index in [4.69, 9.17) is 4.74 Å². The third kappa shape index (κ3) is 4.10. The molecule has 0 aromatic carbocycles. The summed E-state index contributed by atoms with van der Waals surface area (Å²) in [5, 5.41) is 3.51. The first-order valence-corrected chi connectivity index (χ1v) is 5.30. The molecule has 1 aliphatic carbocycles. The normalized spacial score (nSPS) is 29.1. The van der Waals surface area contributed by atoms with E-state index in [2.05, 4.69) is 39.9 Å². The lowest BCUT2D eigenvalue weighted by atomic mass is 9.88. The van der Waals surface area contributed by atoms with Gasteiger partial charge in [-0.05, 0) is 33.6 Å². The molecular formula is C11H23NO. The van der Waals surface area contributed by atoms with Gasteiger partial charge in [0.05, 0.1) is 11.7 Å². The average Bonchev–Trinajstić information content (AvgIpc) is 1.78. The van der Waals surface area contributed by atoms with Gasteiger partial charge in [-0.3, -0.25) is 0 Å². The molecule has 2 nitrogen and oxygen atoms in total. The minimum absolute atomic E-state index is 0.0213. The van der Waals surface area contributed by atoms with Gasteiger partial charge in [0.25, 0.3) is 0 Å². The molecule has 0 aliphatic heterocycles. The summed E-state index contributed by atoms with van der Waals surface area (Å²) in [7, 11) is 0. The minimum atomic E-state index is 0.0213. The second-order valence-corrected chi connectivity index (χ2v) is 5.34. The Balaban J connectivity index is 2.12. The molecule has 1 N–H and O–H groups in total. The fraction of sp³-hybridized carbons (Fsp3) is 1.00. The predicted molar refractivity (Wildman–Crippen MR) is 55.9 cm³/mol. The van der Waals surface area contributed by atoms with Crippen molar-refractivity contribution in [2.24, 2.45) is 0 Å². The summed E-state index contributed by atoms with van der Waals surface area (Å²) in [5.74, 6) is 0. The van der Waals surface area contributed by atoms with Crippen LogP contribution in [0.5, 0.6) is 0 Å². The molecule has 0 atom stereocenters. The quantitative estimate of drug-likeness (QED) is 0.728. The molecule has 78 valence electrons. The van der Waals surface area contributed by atoms with Gasteiger partial charge in [-0.25, -0.2) is 0 Å². The van der Waals surface area contributed by atoms with Gasteiger partial charge in [0, 0.05) is 12.1 Å². The molecule has 0 unspecified atom stereocenters. The van der Waals surface area contributed by atoms with Crippen LogP contribution < -0.4 is 5.32 Å². The van der Waals surface area contributed by atoms with Crippen LogP contribution in [0, 0.1) is 0 Å². The highest BCUT2D eigenvalue weighted by Crippen LogP contribution is 2.27. The maximum atomic E-state index is 5.85. The van der Waals surface area contributed by atoms with Crippen LogP contribution in [0.3, 0.4) is 0 Å².